The molecule has 0 aromatic rings. The molecule has 1 unspecified atom stereocenters. The van der Waals surface area contributed by atoms with Gasteiger partial charge in [0.05, 0.1) is 0 Å². The van der Waals surface area contributed by atoms with Gasteiger partial charge >= 0.3 is 0 Å². The van der Waals surface area contributed by atoms with Crippen molar-refractivity contribution in [2.24, 2.45) is 17.4 Å². The van der Waals surface area contributed by atoms with Crippen molar-refractivity contribution >= 4 is 5.91 Å². The standard InChI is InChI=1S/C12H26N4O/c1-11(12(14)17)10-16-7-3-6-15(8-9-16)5-2-4-13/h11H,2-10,13H2,1H3,(H2,14,17). The van der Waals surface area contributed by atoms with Crippen LogP contribution in [0.2, 0.25) is 0 Å². The van der Waals surface area contributed by atoms with Gasteiger partial charge in [-0.1, -0.05) is 6.92 Å². The number of hydrogen-bond donors (Lipinski definition) is 2. The SMILES string of the molecule is CC(CN1CCCN(CCCN)CC1)C(N)=O. The number of carbonyl (C=O) groups is 1. The molecule has 0 spiro atoms. The third-order valence-electron chi connectivity index (χ3n) is 3.38. The van der Waals surface area contributed by atoms with Gasteiger partial charge in [-0.15, -0.1) is 0 Å². The van der Waals surface area contributed by atoms with E-state index in [0.717, 1.165) is 58.7 Å². The molecular weight excluding hydrogens is 216 g/mol. The van der Waals surface area contributed by atoms with E-state index in [1.54, 1.807) is 0 Å². The predicted octanol–water partition coefficient (Wildman–Crippen LogP) is -0.536. The van der Waals surface area contributed by atoms with Crippen molar-refractivity contribution in [2.45, 2.75) is 19.8 Å². The van der Waals surface area contributed by atoms with E-state index < -0.39 is 0 Å². The molecule has 1 heterocycles. The first kappa shape index (κ1) is 14.4. The maximum atomic E-state index is 11.0. The molecule has 1 atom stereocenters. The summed E-state index contributed by atoms with van der Waals surface area (Å²) in [7, 11) is 0. The van der Waals surface area contributed by atoms with Gasteiger partial charge in [-0.2, -0.15) is 0 Å². The van der Waals surface area contributed by atoms with Crippen molar-refractivity contribution in [3.05, 3.63) is 0 Å². The van der Waals surface area contributed by atoms with Crippen molar-refractivity contribution < 1.29 is 4.79 Å². The van der Waals surface area contributed by atoms with Crippen molar-refractivity contribution in [1.82, 2.24) is 9.80 Å². The molecule has 0 bridgehead atoms. The Kier molecular flexibility index (Phi) is 6.47. The summed E-state index contributed by atoms with van der Waals surface area (Å²) in [5.74, 6) is -0.250. The second-order valence-electron chi connectivity index (χ2n) is 4.94. The van der Waals surface area contributed by atoms with E-state index >= 15 is 0 Å². The summed E-state index contributed by atoms with van der Waals surface area (Å²) in [6.45, 7) is 8.86. The second-order valence-corrected chi connectivity index (χ2v) is 4.94. The topological polar surface area (TPSA) is 75.6 Å². The average molecular weight is 242 g/mol. The molecule has 1 rings (SSSR count). The van der Waals surface area contributed by atoms with Gasteiger partial charge in [-0.25, -0.2) is 0 Å². The largest absolute Gasteiger partial charge is 0.369 e. The van der Waals surface area contributed by atoms with E-state index in [9.17, 15) is 4.79 Å². The molecule has 0 aromatic carbocycles. The summed E-state index contributed by atoms with van der Waals surface area (Å²) in [4.78, 5) is 15.8. The van der Waals surface area contributed by atoms with Gasteiger partial charge in [0.25, 0.3) is 0 Å². The molecule has 100 valence electrons. The molecule has 5 nitrogen and oxygen atoms in total. The van der Waals surface area contributed by atoms with Crippen LogP contribution in [-0.2, 0) is 4.79 Å². The zero-order chi connectivity index (χ0) is 12.7. The third-order valence-corrected chi connectivity index (χ3v) is 3.38. The molecule has 1 fully saturated rings. The molecule has 4 N–H and O–H groups in total. The van der Waals surface area contributed by atoms with Crippen LogP contribution in [0.1, 0.15) is 19.8 Å². The Morgan fingerprint density at radius 2 is 1.88 bits per heavy atom. The summed E-state index contributed by atoms with van der Waals surface area (Å²) in [6, 6.07) is 0. The molecule has 17 heavy (non-hydrogen) atoms. The number of primary amides is 1. The molecular formula is C12H26N4O. The zero-order valence-electron chi connectivity index (χ0n) is 10.9. The van der Waals surface area contributed by atoms with E-state index in [2.05, 4.69) is 9.80 Å². The Morgan fingerprint density at radius 3 is 2.53 bits per heavy atom. The predicted molar refractivity (Wildman–Crippen MR) is 69.5 cm³/mol. The van der Waals surface area contributed by atoms with E-state index in [-0.39, 0.29) is 11.8 Å². The fourth-order valence-electron chi connectivity index (χ4n) is 2.22. The summed E-state index contributed by atoms with van der Waals surface area (Å²) in [6.07, 6.45) is 2.23. The van der Waals surface area contributed by atoms with Crippen LogP contribution >= 0.6 is 0 Å². The number of hydrogen-bond acceptors (Lipinski definition) is 4. The zero-order valence-corrected chi connectivity index (χ0v) is 10.9. The third kappa shape index (κ3) is 5.48. The molecule has 0 saturated carbocycles. The summed E-state index contributed by atoms with van der Waals surface area (Å²) < 4.78 is 0. The van der Waals surface area contributed by atoms with Gasteiger partial charge in [0.2, 0.25) is 5.91 Å². The molecule has 0 radical (unpaired) electrons. The molecule has 0 aromatic heterocycles. The monoisotopic (exact) mass is 242 g/mol. The van der Waals surface area contributed by atoms with Gasteiger partial charge in [0.1, 0.15) is 0 Å². The number of rotatable bonds is 6. The number of nitrogens with two attached hydrogens (primary N) is 2. The van der Waals surface area contributed by atoms with Crippen molar-refractivity contribution in [3.8, 4) is 0 Å². The van der Waals surface area contributed by atoms with Crippen molar-refractivity contribution in [3.63, 3.8) is 0 Å². The highest BCUT2D eigenvalue weighted by Gasteiger charge is 2.18. The van der Waals surface area contributed by atoms with E-state index in [0.29, 0.717) is 0 Å². The minimum absolute atomic E-state index is 0.0504. The van der Waals surface area contributed by atoms with Crippen molar-refractivity contribution in [1.29, 1.82) is 0 Å². The first-order valence-electron chi connectivity index (χ1n) is 6.57. The molecule has 0 aliphatic carbocycles. The van der Waals surface area contributed by atoms with Gasteiger partial charge in [0, 0.05) is 25.6 Å². The lowest BCUT2D eigenvalue weighted by Crippen LogP contribution is -2.37. The lowest BCUT2D eigenvalue weighted by Gasteiger charge is -2.23. The van der Waals surface area contributed by atoms with E-state index in [4.69, 9.17) is 11.5 Å². The lowest BCUT2D eigenvalue weighted by molar-refractivity contribution is -0.121. The first-order valence-corrected chi connectivity index (χ1v) is 6.57. The second kappa shape index (κ2) is 7.63. The van der Waals surface area contributed by atoms with E-state index in [1.807, 2.05) is 6.92 Å². The van der Waals surface area contributed by atoms with Gasteiger partial charge in [-0.3, -0.25) is 4.79 Å². The Balaban J connectivity index is 2.29. The van der Waals surface area contributed by atoms with Crippen LogP contribution in [0.15, 0.2) is 0 Å². The average Bonchev–Trinajstić information content (AvgIpc) is 2.52. The number of nitrogens with zero attached hydrogens (tertiary/aromatic N) is 2. The van der Waals surface area contributed by atoms with Crippen LogP contribution in [0.25, 0.3) is 0 Å². The Morgan fingerprint density at radius 1 is 1.24 bits per heavy atom. The number of amides is 1. The van der Waals surface area contributed by atoms with Crippen LogP contribution in [0.3, 0.4) is 0 Å². The van der Waals surface area contributed by atoms with Crippen LogP contribution < -0.4 is 11.5 Å². The number of carbonyl (C=O) groups excluding carboxylic acids is 1. The maximum Gasteiger partial charge on any atom is 0.221 e. The molecule has 1 amide bonds. The highest BCUT2D eigenvalue weighted by atomic mass is 16.1. The van der Waals surface area contributed by atoms with Crippen LogP contribution in [0, 0.1) is 5.92 Å². The Labute approximate surface area is 104 Å². The van der Waals surface area contributed by atoms with E-state index in [1.165, 1.54) is 0 Å². The van der Waals surface area contributed by atoms with Gasteiger partial charge in [-0.05, 0) is 39.0 Å². The molecule has 5 heteroatoms. The first-order chi connectivity index (χ1) is 8.13. The normalized spacial score (nSPS) is 21.1. The van der Waals surface area contributed by atoms with Crippen molar-refractivity contribution in [2.75, 3.05) is 45.8 Å². The van der Waals surface area contributed by atoms with Gasteiger partial charge < -0.3 is 21.3 Å². The summed E-state index contributed by atoms with van der Waals surface area (Å²) in [5, 5.41) is 0. The van der Waals surface area contributed by atoms with Crippen LogP contribution in [0.5, 0.6) is 0 Å². The fraction of sp³-hybridized carbons (Fsp3) is 0.917. The van der Waals surface area contributed by atoms with Crippen LogP contribution in [0.4, 0.5) is 0 Å². The highest BCUT2D eigenvalue weighted by Crippen LogP contribution is 2.06. The quantitative estimate of drug-likeness (QED) is 0.656. The highest BCUT2D eigenvalue weighted by molar-refractivity contribution is 5.76. The molecule has 1 aliphatic heterocycles. The summed E-state index contributed by atoms with van der Waals surface area (Å²) >= 11 is 0. The van der Waals surface area contributed by atoms with Crippen LogP contribution in [-0.4, -0.2) is 61.5 Å². The minimum atomic E-state index is -0.200. The Bertz CT molecular complexity index is 235. The molecule has 1 aliphatic rings. The minimum Gasteiger partial charge on any atom is -0.369 e. The Hall–Kier alpha value is -0.650. The fourth-order valence-corrected chi connectivity index (χ4v) is 2.22. The maximum absolute atomic E-state index is 11.0. The molecule has 1 saturated heterocycles. The van der Waals surface area contributed by atoms with Gasteiger partial charge in [0.15, 0.2) is 0 Å². The smallest absolute Gasteiger partial charge is 0.221 e. The lowest BCUT2D eigenvalue weighted by atomic mass is 10.1. The summed E-state index contributed by atoms with van der Waals surface area (Å²) in [5.41, 5.74) is 10.8.